The van der Waals surface area contributed by atoms with Gasteiger partial charge in [-0.05, 0) is 42.7 Å². The number of nitrogens with one attached hydrogen (secondary N) is 3. The van der Waals surface area contributed by atoms with Crippen LogP contribution in [0.5, 0.6) is 5.75 Å². The number of hydrogen-bond donors (Lipinski definition) is 4. The molecule has 0 spiro atoms. The van der Waals surface area contributed by atoms with Gasteiger partial charge in [0.05, 0.1) is 18.6 Å². The molecule has 0 fully saturated rings. The zero-order valence-electron chi connectivity index (χ0n) is 18.8. The van der Waals surface area contributed by atoms with Crippen molar-refractivity contribution in [1.29, 1.82) is 0 Å². The van der Waals surface area contributed by atoms with Crippen LogP contribution < -0.4 is 15.5 Å². The molecule has 0 saturated heterocycles. The van der Waals surface area contributed by atoms with Crippen molar-refractivity contribution in [2.75, 3.05) is 11.9 Å². The lowest BCUT2D eigenvalue weighted by Crippen LogP contribution is -2.17. The molecule has 0 unspecified atom stereocenters. The van der Waals surface area contributed by atoms with Gasteiger partial charge in [-0.3, -0.25) is 10.0 Å². The Kier molecular flexibility index (Phi) is 8.02. The Hall–Kier alpha value is -3.98. The largest absolute Gasteiger partial charge is 0.494 e. The topological polar surface area (TPSA) is 125 Å². The lowest BCUT2D eigenvalue weighted by Gasteiger charge is -2.10. The summed E-state index contributed by atoms with van der Waals surface area (Å²) in [6, 6.07) is 17.9. The molecular formula is C25H28N6O3. The van der Waals surface area contributed by atoms with Gasteiger partial charge in [-0.2, -0.15) is 4.98 Å². The molecule has 176 valence electrons. The number of ether oxygens (including phenoxy) is 1. The zero-order chi connectivity index (χ0) is 23.6. The minimum atomic E-state index is -0.341. The smallest absolute Gasteiger partial charge is 0.243 e. The molecule has 2 aromatic carbocycles. The average molecular weight is 461 g/mol. The van der Waals surface area contributed by atoms with E-state index in [2.05, 4.69) is 32.4 Å². The molecular weight excluding hydrogens is 432 g/mol. The summed E-state index contributed by atoms with van der Waals surface area (Å²) in [5.41, 5.74) is 6.02. The maximum atomic E-state index is 11.0. The number of benzene rings is 2. The number of anilines is 2. The number of rotatable bonds is 12. The molecule has 4 N–H and O–H groups in total. The number of H-pyrrole nitrogens is 1. The van der Waals surface area contributed by atoms with E-state index in [1.165, 1.54) is 5.56 Å². The maximum absolute atomic E-state index is 11.0. The number of fused-ring (bicyclic) bond motifs is 1. The van der Waals surface area contributed by atoms with Crippen molar-refractivity contribution in [3.63, 3.8) is 0 Å². The summed E-state index contributed by atoms with van der Waals surface area (Å²) < 4.78 is 5.80. The summed E-state index contributed by atoms with van der Waals surface area (Å²) in [6.45, 7) is 0.612. The number of carbonyl (C=O) groups excluding carboxylic acids is 1. The van der Waals surface area contributed by atoms with Crippen molar-refractivity contribution >= 4 is 28.7 Å². The van der Waals surface area contributed by atoms with E-state index < -0.39 is 0 Å². The van der Waals surface area contributed by atoms with E-state index in [9.17, 15) is 4.79 Å². The van der Waals surface area contributed by atoms with Gasteiger partial charge in [0.15, 0.2) is 5.65 Å². The number of nitrogens with zero attached hydrogens (tertiary/aromatic N) is 3. The molecule has 9 nitrogen and oxygen atoms in total. The molecule has 4 aromatic rings. The second-order valence-electron chi connectivity index (χ2n) is 7.95. The van der Waals surface area contributed by atoms with Gasteiger partial charge in [-0.15, -0.1) is 0 Å². The van der Waals surface area contributed by atoms with E-state index in [0.717, 1.165) is 48.3 Å². The first-order chi connectivity index (χ1) is 16.7. The van der Waals surface area contributed by atoms with Crippen LogP contribution in [0.1, 0.15) is 43.4 Å². The lowest BCUT2D eigenvalue weighted by atomic mass is 10.1. The molecule has 0 aliphatic rings. The number of unbranched alkanes of at least 4 members (excludes halogenated alkanes) is 3. The van der Waals surface area contributed by atoms with Gasteiger partial charge in [0, 0.05) is 18.5 Å². The molecule has 0 atom stereocenters. The number of aromatic nitrogens is 4. The SMILES string of the molecule is O=C(CCCCCCOc1ccc(Nc2nc(Cc3ccccc3)c3[nH]cnc3n2)cc1)NO. The molecule has 0 aliphatic carbocycles. The van der Waals surface area contributed by atoms with Crippen LogP contribution >= 0.6 is 0 Å². The molecule has 0 aliphatic heterocycles. The Morgan fingerprint density at radius 3 is 2.56 bits per heavy atom. The van der Waals surface area contributed by atoms with Crippen molar-refractivity contribution < 1.29 is 14.7 Å². The van der Waals surface area contributed by atoms with Gasteiger partial charge >= 0.3 is 0 Å². The van der Waals surface area contributed by atoms with Crippen molar-refractivity contribution in [3.8, 4) is 5.75 Å². The molecule has 1 amide bonds. The normalized spacial score (nSPS) is 10.9. The van der Waals surface area contributed by atoms with Crippen molar-refractivity contribution in [2.24, 2.45) is 0 Å². The molecule has 34 heavy (non-hydrogen) atoms. The molecule has 0 radical (unpaired) electrons. The summed E-state index contributed by atoms with van der Waals surface area (Å²) in [5.74, 6) is 0.944. The monoisotopic (exact) mass is 460 g/mol. The third kappa shape index (κ3) is 6.52. The van der Waals surface area contributed by atoms with Crippen molar-refractivity contribution in [2.45, 2.75) is 38.5 Å². The van der Waals surface area contributed by atoms with Gasteiger partial charge in [-0.25, -0.2) is 15.4 Å². The zero-order valence-corrected chi connectivity index (χ0v) is 18.8. The van der Waals surface area contributed by atoms with Gasteiger partial charge in [-0.1, -0.05) is 43.2 Å². The van der Waals surface area contributed by atoms with E-state index in [1.54, 1.807) is 11.8 Å². The number of aromatic amines is 1. The highest BCUT2D eigenvalue weighted by atomic mass is 16.5. The van der Waals surface area contributed by atoms with Crippen LogP contribution in [0.15, 0.2) is 60.9 Å². The molecule has 4 rings (SSSR count). The Labute approximate surface area is 197 Å². The van der Waals surface area contributed by atoms with Crippen LogP contribution in [0, 0.1) is 0 Å². The average Bonchev–Trinajstić information content (AvgIpc) is 3.34. The fourth-order valence-corrected chi connectivity index (χ4v) is 3.62. The molecule has 9 heteroatoms. The number of amides is 1. The van der Waals surface area contributed by atoms with Crippen LogP contribution in [-0.4, -0.2) is 37.7 Å². The number of hydroxylamine groups is 1. The second kappa shape index (κ2) is 11.8. The van der Waals surface area contributed by atoms with Gasteiger partial charge < -0.3 is 15.0 Å². The summed E-state index contributed by atoms with van der Waals surface area (Å²) in [5, 5.41) is 11.7. The third-order valence-electron chi connectivity index (χ3n) is 5.38. The van der Waals surface area contributed by atoms with Crippen LogP contribution in [0.25, 0.3) is 11.2 Å². The Balaban J connectivity index is 1.30. The second-order valence-corrected chi connectivity index (χ2v) is 7.95. The van der Waals surface area contributed by atoms with Crippen molar-refractivity contribution in [1.82, 2.24) is 25.4 Å². The highest BCUT2D eigenvalue weighted by molar-refractivity contribution is 5.75. The summed E-state index contributed by atoms with van der Waals surface area (Å²) in [4.78, 5) is 27.7. The first kappa shape index (κ1) is 23.2. The Morgan fingerprint density at radius 1 is 0.971 bits per heavy atom. The quantitative estimate of drug-likeness (QED) is 0.139. The molecule has 2 heterocycles. The van der Waals surface area contributed by atoms with E-state index in [-0.39, 0.29) is 5.91 Å². The molecule has 0 bridgehead atoms. The summed E-state index contributed by atoms with van der Waals surface area (Å²) >= 11 is 0. The minimum absolute atomic E-state index is 0.341. The predicted molar refractivity (Wildman–Crippen MR) is 129 cm³/mol. The standard InChI is InChI=1S/C25H28N6O3/c32-22(31-33)10-6-1-2-7-15-34-20-13-11-19(12-14-20)28-25-29-21(16-18-8-4-3-5-9-18)23-24(30-25)27-17-26-23/h3-5,8-9,11-14,17,33H,1-2,6-7,10,15-16H2,(H,31,32)(H2,26,27,28,29,30). The van der Waals surface area contributed by atoms with Gasteiger partial charge in [0.2, 0.25) is 11.9 Å². The Bertz CT molecular complexity index is 1190. The number of imidazole rings is 1. The number of carbonyl (C=O) groups is 1. The highest BCUT2D eigenvalue weighted by Gasteiger charge is 2.11. The molecule has 2 aromatic heterocycles. The van der Waals surface area contributed by atoms with E-state index >= 15 is 0 Å². The predicted octanol–water partition coefficient (Wildman–Crippen LogP) is 4.52. The van der Waals surface area contributed by atoms with Gasteiger partial charge in [0.25, 0.3) is 0 Å². The first-order valence-electron chi connectivity index (χ1n) is 11.4. The number of hydrogen-bond acceptors (Lipinski definition) is 7. The first-order valence-corrected chi connectivity index (χ1v) is 11.4. The van der Waals surface area contributed by atoms with Crippen LogP contribution in [0.4, 0.5) is 11.6 Å². The Morgan fingerprint density at radius 2 is 1.76 bits per heavy atom. The van der Waals surface area contributed by atoms with Crippen molar-refractivity contribution in [3.05, 3.63) is 72.2 Å². The summed E-state index contributed by atoms with van der Waals surface area (Å²) in [6.07, 6.45) is 6.21. The third-order valence-corrected chi connectivity index (χ3v) is 5.38. The fraction of sp³-hybridized carbons (Fsp3) is 0.280. The van der Waals surface area contributed by atoms with Crippen LogP contribution in [0.3, 0.4) is 0 Å². The van der Waals surface area contributed by atoms with E-state index in [4.69, 9.17) is 14.9 Å². The van der Waals surface area contributed by atoms with Crippen LogP contribution in [0.2, 0.25) is 0 Å². The summed E-state index contributed by atoms with van der Waals surface area (Å²) in [7, 11) is 0. The molecule has 0 saturated carbocycles. The van der Waals surface area contributed by atoms with Gasteiger partial charge in [0.1, 0.15) is 11.3 Å². The maximum Gasteiger partial charge on any atom is 0.243 e. The van der Waals surface area contributed by atoms with E-state index in [1.807, 2.05) is 42.5 Å². The highest BCUT2D eigenvalue weighted by Crippen LogP contribution is 2.22. The lowest BCUT2D eigenvalue weighted by molar-refractivity contribution is -0.129. The van der Waals surface area contributed by atoms with Crippen LogP contribution in [-0.2, 0) is 11.2 Å². The minimum Gasteiger partial charge on any atom is -0.494 e. The van der Waals surface area contributed by atoms with E-state index in [0.29, 0.717) is 31.0 Å². The fourth-order valence-electron chi connectivity index (χ4n) is 3.62.